The molecule has 7 rings (SSSR count). The molecule has 0 atom stereocenters. The molecule has 0 amide bonds. The fourth-order valence-electron chi connectivity index (χ4n) is 4.95. The van der Waals surface area contributed by atoms with Crippen molar-refractivity contribution in [1.29, 1.82) is 0 Å². The molecule has 0 fully saturated rings. The van der Waals surface area contributed by atoms with Crippen molar-refractivity contribution in [3.63, 3.8) is 0 Å². The fourth-order valence-corrected chi connectivity index (χ4v) is 5.29. The molecule has 0 radical (unpaired) electrons. The molecule has 36 heavy (non-hydrogen) atoms. The van der Waals surface area contributed by atoms with E-state index in [1.54, 1.807) is 6.20 Å². The molecule has 10 heteroatoms. The number of aromatic nitrogens is 6. The zero-order valence-electron chi connectivity index (χ0n) is 18.8. The van der Waals surface area contributed by atoms with Gasteiger partial charge in [0.05, 0.1) is 23.8 Å². The molecule has 4 N–H and O–H groups in total. The van der Waals surface area contributed by atoms with Crippen LogP contribution in [0, 0.1) is 0 Å². The van der Waals surface area contributed by atoms with Crippen LogP contribution in [0.5, 0.6) is 5.75 Å². The number of benzene rings is 3. The number of nitrogens with one attached hydrogen (secondary N) is 2. The molecule has 3 aromatic carbocycles. The van der Waals surface area contributed by atoms with E-state index in [1.807, 2.05) is 41.1 Å². The average molecular weight is 516 g/mol. The van der Waals surface area contributed by atoms with Crippen molar-refractivity contribution in [3.05, 3.63) is 65.0 Å². The second-order valence-electron chi connectivity index (χ2n) is 8.74. The Morgan fingerprint density at radius 3 is 2.19 bits per heavy atom. The molecule has 0 aliphatic heterocycles. The molecule has 8 nitrogen and oxygen atoms in total. The molecule has 4 heterocycles. The van der Waals surface area contributed by atoms with E-state index < -0.39 is 0 Å². The SMILES string of the molecule is Nc1ncnc2cnn(CCCOc3c4[nH]c5ccc(Cl)cc5c4cc4c3[nH]c3ccc(Cl)cc34)c12. The summed E-state index contributed by atoms with van der Waals surface area (Å²) in [5.74, 6) is 1.17. The number of nitrogens with zero attached hydrogens (tertiary/aromatic N) is 4. The number of nitrogen functional groups attached to an aromatic ring is 1. The van der Waals surface area contributed by atoms with Crippen LogP contribution in [-0.4, -0.2) is 36.3 Å². The summed E-state index contributed by atoms with van der Waals surface area (Å²) < 4.78 is 8.28. The number of aromatic amines is 2. The van der Waals surface area contributed by atoms with Gasteiger partial charge in [0.1, 0.15) is 17.4 Å². The lowest BCUT2D eigenvalue weighted by atomic mass is 10.1. The molecule has 0 saturated carbocycles. The highest BCUT2D eigenvalue weighted by Crippen LogP contribution is 2.41. The summed E-state index contributed by atoms with van der Waals surface area (Å²) in [4.78, 5) is 15.4. The van der Waals surface area contributed by atoms with Gasteiger partial charge in [-0.05, 0) is 42.5 Å². The van der Waals surface area contributed by atoms with E-state index in [-0.39, 0.29) is 0 Å². The molecule has 0 bridgehead atoms. The fraction of sp³-hybridized carbons (Fsp3) is 0.115. The van der Waals surface area contributed by atoms with Crippen molar-refractivity contribution < 1.29 is 4.74 Å². The number of H-pyrrole nitrogens is 2. The van der Waals surface area contributed by atoms with E-state index in [1.165, 1.54) is 6.33 Å². The number of fused-ring (bicyclic) bond motifs is 7. The first kappa shape index (κ1) is 21.3. The van der Waals surface area contributed by atoms with Crippen LogP contribution in [0.4, 0.5) is 5.82 Å². The zero-order valence-corrected chi connectivity index (χ0v) is 20.4. The van der Waals surface area contributed by atoms with Crippen molar-refractivity contribution in [2.24, 2.45) is 0 Å². The number of anilines is 1. The minimum atomic E-state index is 0.415. The Hall–Kier alpha value is -4.01. The summed E-state index contributed by atoms with van der Waals surface area (Å²) in [5, 5.41) is 9.94. The molecule has 0 aliphatic rings. The van der Waals surface area contributed by atoms with Crippen molar-refractivity contribution in [2.75, 3.05) is 12.3 Å². The van der Waals surface area contributed by atoms with Gasteiger partial charge in [0.25, 0.3) is 0 Å². The Balaban J connectivity index is 1.31. The van der Waals surface area contributed by atoms with Crippen LogP contribution in [0.25, 0.3) is 54.6 Å². The average Bonchev–Trinajstić information content (AvgIpc) is 3.55. The molecule has 0 aliphatic carbocycles. The van der Waals surface area contributed by atoms with Gasteiger partial charge in [0, 0.05) is 55.6 Å². The van der Waals surface area contributed by atoms with E-state index >= 15 is 0 Å². The van der Waals surface area contributed by atoms with Gasteiger partial charge in [0.2, 0.25) is 0 Å². The van der Waals surface area contributed by atoms with Gasteiger partial charge in [-0.1, -0.05) is 23.2 Å². The maximum absolute atomic E-state index is 6.46. The van der Waals surface area contributed by atoms with Gasteiger partial charge < -0.3 is 20.4 Å². The number of hydrogen-bond donors (Lipinski definition) is 3. The minimum Gasteiger partial charge on any atom is -0.489 e. The molecule has 0 unspecified atom stereocenters. The third-order valence-corrected chi connectivity index (χ3v) is 7.03. The molecular weight excluding hydrogens is 497 g/mol. The third-order valence-electron chi connectivity index (χ3n) is 6.56. The zero-order chi connectivity index (χ0) is 24.4. The lowest BCUT2D eigenvalue weighted by Crippen LogP contribution is -2.07. The number of halogens is 2. The van der Waals surface area contributed by atoms with Crippen LogP contribution in [0.2, 0.25) is 10.0 Å². The smallest absolute Gasteiger partial charge is 0.167 e. The van der Waals surface area contributed by atoms with Crippen molar-refractivity contribution in [3.8, 4) is 5.75 Å². The lowest BCUT2D eigenvalue weighted by molar-refractivity contribution is 0.305. The topological polar surface area (TPSA) is 110 Å². The van der Waals surface area contributed by atoms with Crippen LogP contribution in [0.3, 0.4) is 0 Å². The Labute approximate surface area is 214 Å². The number of nitrogens with two attached hydrogens (primary N) is 1. The molecule has 4 aromatic heterocycles. The summed E-state index contributed by atoms with van der Waals surface area (Å²) in [6.45, 7) is 1.08. The number of rotatable bonds is 5. The van der Waals surface area contributed by atoms with Crippen LogP contribution in [0.1, 0.15) is 6.42 Å². The summed E-state index contributed by atoms with van der Waals surface area (Å²) in [5.41, 5.74) is 11.3. The van der Waals surface area contributed by atoms with E-state index in [0.717, 1.165) is 60.4 Å². The normalized spacial score (nSPS) is 12.1. The first-order valence-electron chi connectivity index (χ1n) is 11.5. The second-order valence-corrected chi connectivity index (χ2v) is 9.62. The van der Waals surface area contributed by atoms with Gasteiger partial charge in [-0.3, -0.25) is 4.68 Å². The Bertz CT molecular complexity index is 1860. The van der Waals surface area contributed by atoms with Crippen LogP contribution in [-0.2, 0) is 6.54 Å². The van der Waals surface area contributed by atoms with Crippen LogP contribution in [0.15, 0.2) is 55.0 Å². The summed E-state index contributed by atoms with van der Waals surface area (Å²) in [6, 6.07) is 13.8. The highest BCUT2D eigenvalue weighted by atomic mass is 35.5. The first-order valence-corrected chi connectivity index (χ1v) is 12.2. The summed E-state index contributed by atoms with van der Waals surface area (Å²) in [7, 11) is 0. The van der Waals surface area contributed by atoms with E-state index in [2.05, 4.69) is 31.1 Å². The van der Waals surface area contributed by atoms with Crippen molar-refractivity contribution in [1.82, 2.24) is 29.7 Å². The number of ether oxygens (including phenoxy) is 1. The number of hydrogen-bond acceptors (Lipinski definition) is 5. The van der Waals surface area contributed by atoms with Crippen LogP contribution >= 0.6 is 23.2 Å². The third kappa shape index (κ3) is 3.26. The first-order chi connectivity index (χ1) is 17.6. The largest absolute Gasteiger partial charge is 0.489 e. The Kier molecular flexibility index (Phi) is 4.74. The predicted molar refractivity (Wildman–Crippen MR) is 145 cm³/mol. The van der Waals surface area contributed by atoms with E-state index in [4.69, 9.17) is 33.7 Å². The summed E-state index contributed by atoms with van der Waals surface area (Å²) in [6.07, 6.45) is 3.85. The van der Waals surface area contributed by atoms with Crippen molar-refractivity contribution >= 4 is 83.7 Å². The van der Waals surface area contributed by atoms with E-state index in [0.29, 0.717) is 35.4 Å². The quantitative estimate of drug-likeness (QED) is 0.228. The standard InChI is InChI=1S/C26H19Cl2N7O/c27-13-2-4-19-15(8-13)17-10-18-16-9-14(28)3-5-20(16)34-23(18)25(22(17)33-19)36-7-1-6-35-24-21(11-32-35)30-12-31-26(24)29/h2-5,8-12,33-34H,1,6-7H2,(H2,29,30,31). The molecule has 178 valence electrons. The van der Waals surface area contributed by atoms with E-state index in [9.17, 15) is 0 Å². The minimum absolute atomic E-state index is 0.415. The Morgan fingerprint density at radius 2 is 1.53 bits per heavy atom. The monoisotopic (exact) mass is 515 g/mol. The van der Waals surface area contributed by atoms with Gasteiger partial charge in [-0.2, -0.15) is 5.10 Å². The van der Waals surface area contributed by atoms with Gasteiger partial charge in [-0.25, -0.2) is 9.97 Å². The molecule has 0 spiro atoms. The predicted octanol–water partition coefficient (Wildman–Crippen LogP) is 6.45. The lowest BCUT2D eigenvalue weighted by Gasteiger charge is -2.10. The van der Waals surface area contributed by atoms with Crippen molar-refractivity contribution in [2.45, 2.75) is 13.0 Å². The van der Waals surface area contributed by atoms with Gasteiger partial charge >= 0.3 is 0 Å². The van der Waals surface area contributed by atoms with Gasteiger partial charge in [0.15, 0.2) is 11.6 Å². The summed E-state index contributed by atoms with van der Waals surface area (Å²) >= 11 is 12.7. The highest BCUT2D eigenvalue weighted by molar-refractivity contribution is 6.33. The maximum atomic E-state index is 6.46. The van der Waals surface area contributed by atoms with Gasteiger partial charge in [-0.15, -0.1) is 0 Å². The second kappa shape index (κ2) is 8.01. The molecular formula is C26H19Cl2N7O. The van der Waals surface area contributed by atoms with Crippen LogP contribution < -0.4 is 10.5 Å². The maximum Gasteiger partial charge on any atom is 0.167 e. The Morgan fingerprint density at radius 1 is 0.861 bits per heavy atom. The molecule has 7 aromatic rings. The highest BCUT2D eigenvalue weighted by Gasteiger charge is 2.18. The molecule has 0 saturated heterocycles. The number of aryl methyl sites for hydroxylation is 1.